The fraction of sp³-hybridized carbons (Fsp3) is 0.500. The Morgan fingerprint density at radius 2 is 1.17 bits per heavy atom. The van der Waals surface area contributed by atoms with Crippen LogP contribution < -0.4 is 18.9 Å². The van der Waals surface area contributed by atoms with Crippen LogP contribution in [-0.4, -0.2) is 50.3 Å². The first-order valence-electron chi connectivity index (χ1n) is 10.7. The molecule has 1 aliphatic rings. The number of fused-ring (bicyclic) bond motifs is 2. The van der Waals surface area contributed by atoms with Crippen molar-refractivity contribution in [2.24, 2.45) is 0 Å². The zero-order chi connectivity index (χ0) is 21.1. The monoisotopic (exact) mass is 416 g/mol. The third-order valence-electron chi connectivity index (χ3n) is 4.91. The van der Waals surface area contributed by atoms with Gasteiger partial charge < -0.3 is 28.8 Å². The fourth-order valence-electron chi connectivity index (χ4n) is 3.21. The minimum absolute atomic E-state index is 0.108. The summed E-state index contributed by atoms with van der Waals surface area (Å²) in [7, 11) is 0. The van der Waals surface area contributed by atoms with Gasteiger partial charge in [0.25, 0.3) is 0 Å². The van der Waals surface area contributed by atoms with Gasteiger partial charge in [-0.3, -0.25) is 0 Å². The quantitative estimate of drug-likeness (QED) is 0.752. The Kier molecular flexibility index (Phi) is 8.66. The third-order valence-corrected chi connectivity index (χ3v) is 4.91. The van der Waals surface area contributed by atoms with Crippen LogP contribution >= 0.6 is 0 Å². The average Bonchev–Trinajstić information content (AvgIpc) is 2.77. The molecular formula is C24H32O6. The van der Waals surface area contributed by atoms with Crippen molar-refractivity contribution >= 4 is 0 Å². The van der Waals surface area contributed by atoms with Crippen molar-refractivity contribution in [2.45, 2.75) is 38.2 Å². The number of hydrogen-bond donors (Lipinski definition) is 1. The van der Waals surface area contributed by atoms with Crippen molar-refractivity contribution in [1.29, 1.82) is 0 Å². The second kappa shape index (κ2) is 11.7. The smallest absolute Gasteiger partial charge is 0.161 e. The molecule has 6 nitrogen and oxygen atoms in total. The maximum absolute atomic E-state index is 11.3. The number of aliphatic hydroxyl groups is 1. The first-order valence-corrected chi connectivity index (χ1v) is 10.7. The number of unbranched alkanes of at least 4 members (excludes halogenated alkanes) is 2. The summed E-state index contributed by atoms with van der Waals surface area (Å²) in [5.74, 6) is 2.46. The van der Waals surface area contributed by atoms with Gasteiger partial charge in [-0.1, -0.05) is 50.5 Å². The van der Waals surface area contributed by atoms with E-state index in [2.05, 4.69) is 6.92 Å². The first kappa shape index (κ1) is 22.2. The van der Waals surface area contributed by atoms with Gasteiger partial charge in [0.1, 0.15) is 32.0 Å². The highest BCUT2D eigenvalue weighted by Gasteiger charge is 2.30. The SMILES string of the molecule is CCCCCC1(O)COc2ccccc2OCCOCCOc2ccccc2OC1. The van der Waals surface area contributed by atoms with E-state index < -0.39 is 5.60 Å². The Morgan fingerprint density at radius 3 is 1.63 bits per heavy atom. The van der Waals surface area contributed by atoms with Crippen molar-refractivity contribution in [3.8, 4) is 23.0 Å². The number of para-hydroxylation sites is 4. The number of ether oxygens (including phenoxy) is 5. The molecule has 0 radical (unpaired) electrons. The Balaban J connectivity index is 1.78. The predicted octanol–water partition coefficient (Wildman–Crippen LogP) is 4.24. The van der Waals surface area contributed by atoms with E-state index in [1.54, 1.807) is 0 Å². The molecule has 0 spiro atoms. The fourth-order valence-corrected chi connectivity index (χ4v) is 3.21. The standard InChI is InChI=1S/C24H32O6/c1-2-3-8-13-24(25)18-29-22-11-6-4-9-20(22)27-16-14-26-15-17-28-21-10-5-7-12-23(21)30-19-24/h4-7,9-12,25H,2-3,8,13-19H2,1H3. The van der Waals surface area contributed by atoms with E-state index in [-0.39, 0.29) is 13.2 Å². The lowest BCUT2D eigenvalue weighted by Crippen LogP contribution is -2.42. The van der Waals surface area contributed by atoms with E-state index in [0.29, 0.717) is 55.8 Å². The van der Waals surface area contributed by atoms with Gasteiger partial charge in [0, 0.05) is 0 Å². The summed E-state index contributed by atoms with van der Waals surface area (Å²) in [5, 5.41) is 11.3. The van der Waals surface area contributed by atoms with Crippen LogP contribution in [0, 0.1) is 0 Å². The Hall–Kier alpha value is -2.44. The molecule has 30 heavy (non-hydrogen) atoms. The highest BCUT2D eigenvalue weighted by molar-refractivity contribution is 5.40. The summed E-state index contributed by atoms with van der Waals surface area (Å²) in [6.07, 6.45) is 3.60. The summed E-state index contributed by atoms with van der Waals surface area (Å²) in [6.45, 7) is 4.05. The number of rotatable bonds is 4. The van der Waals surface area contributed by atoms with Gasteiger partial charge in [-0.05, 0) is 30.7 Å². The van der Waals surface area contributed by atoms with E-state index in [4.69, 9.17) is 23.7 Å². The van der Waals surface area contributed by atoms with Gasteiger partial charge >= 0.3 is 0 Å². The van der Waals surface area contributed by atoms with E-state index in [1.165, 1.54) is 0 Å². The molecule has 0 unspecified atom stereocenters. The van der Waals surface area contributed by atoms with Gasteiger partial charge in [-0.25, -0.2) is 0 Å². The molecule has 0 fully saturated rings. The molecular weight excluding hydrogens is 384 g/mol. The van der Waals surface area contributed by atoms with Crippen LogP contribution in [0.5, 0.6) is 23.0 Å². The third kappa shape index (κ3) is 6.82. The number of hydrogen-bond acceptors (Lipinski definition) is 6. The molecule has 0 amide bonds. The molecule has 0 bridgehead atoms. The maximum atomic E-state index is 11.3. The molecule has 1 heterocycles. The lowest BCUT2D eigenvalue weighted by Gasteiger charge is -2.29. The van der Waals surface area contributed by atoms with E-state index >= 15 is 0 Å². The van der Waals surface area contributed by atoms with E-state index in [1.807, 2.05) is 48.5 Å². The lowest BCUT2D eigenvalue weighted by molar-refractivity contribution is -0.0486. The largest absolute Gasteiger partial charge is 0.487 e. The van der Waals surface area contributed by atoms with Gasteiger partial charge in [-0.15, -0.1) is 0 Å². The Morgan fingerprint density at radius 1 is 0.700 bits per heavy atom. The lowest BCUT2D eigenvalue weighted by atomic mass is 9.98. The summed E-state index contributed by atoms with van der Waals surface area (Å²) in [6, 6.07) is 14.9. The minimum atomic E-state index is -1.13. The molecule has 0 aromatic heterocycles. The highest BCUT2D eigenvalue weighted by Crippen LogP contribution is 2.30. The molecule has 1 N–H and O–H groups in total. The van der Waals surface area contributed by atoms with Crippen LogP contribution in [0.25, 0.3) is 0 Å². The van der Waals surface area contributed by atoms with Crippen LogP contribution in [-0.2, 0) is 4.74 Å². The van der Waals surface area contributed by atoms with Gasteiger partial charge in [0.15, 0.2) is 23.0 Å². The molecule has 3 rings (SSSR count). The zero-order valence-electron chi connectivity index (χ0n) is 17.7. The second-order valence-electron chi connectivity index (χ2n) is 7.46. The summed E-state index contributed by atoms with van der Waals surface area (Å²) in [5.41, 5.74) is -1.13. The van der Waals surface area contributed by atoms with Crippen molar-refractivity contribution < 1.29 is 28.8 Å². The van der Waals surface area contributed by atoms with Crippen LogP contribution in [0.2, 0.25) is 0 Å². The maximum Gasteiger partial charge on any atom is 0.161 e. The summed E-state index contributed by atoms with van der Waals surface area (Å²) in [4.78, 5) is 0. The average molecular weight is 417 g/mol. The normalized spacial score (nSPS) is 17.3. The topological polar surface area (TPSA) is 66.4 Å². The van der Waals surface area contributed by atoms with Crippen molar-refractivity contribution in [3.63, 3.8) is 0 Å². The van der Waals surface area contributed by atoms with Crippen LogP contribution in [0.4, 0.5) is 0 Å². The van der Waals surface area contributed by atoms with Crippen LogP contribution in [0.1, 0.15) is 32.6 Å². The number of benzene rings is 2. The molecule has 0 atom stereocenters. The van der Waals surface area contributed by atoms with Crippen LogP contribution in [0.15, 0.2) is 48.5 Å². The molecule has 2 aromatic rings. The van der Waals surface area contributed by atoms with E-state index in [0.717, 1.165) is 19.3 Å². The molecule has 0 saturated carbocycles. The molecule has 2 aromatic carbocycles. The minimum Gasteiger partial charge on any atom is -0.487 e. The Labute approximate surface area is 178 Å². The second-order valence-corrected chi connectivity index (χ2v) is 7.46. The van der Waals surface area contributed by atoms with Gasteiger partial charge in [0.2, 0.25) is 0 Å². The van der Waals surface area contributed by atoms with Crippen molar-refractivity contribution in [2.75, 3.05) is 39.6 Å². The molecule has 164 valence electrons. The molecule has 0 aliphatic carbocycles. The highest BCUT2D eigenvalue weighted by atomic mass is 16.6. The van der Waals surface area contributed by atoms with Gasteiger partial charge in [0.05, 0.1) is 13.2 Å². The molecule has 0 saturated heterocycles. The predicted molar refractivity (Wildman–Crippen MR) is 115 cm³/mol. The first-order chi connectivity index (χ1) is 14.7. The summed E-state index contributed by atoms with van der Waals surface area (Å²) >= 11 is 0. The molecule has 1 aliphatic heterocycles. The van der Waals surface area contributed by atoms with E-state index in [9.17, 15) is 5.11 Å². The Bertz CT molecular complexity index is 707. The van der Waals surface area contributed by atoms with Crippen LogP contribution in [0.3, 0.4) is 0 Å². The molecule has 6 heteroatoms. The van der Waals surface area contributed by atoms with Gasteiger partial charge in [-0.2, -0.15) is 0 Å². The zero-order valence-corrected chi connectivity index (χ0v) is 17.7. The van der Waals surface area contributed by atoms with Crippen molar-refractivity contribution in [3.05, 3.63) is 48.5 Å². The summed E-state index contributed by atoms with van der Waals surface area (Å²) < 4.78 is 29.2. The van der Waals surface area contributed by atoms with Crippen molar-refractivity contribution in [1.82, 2.24) is 0 Å².